The first-order valence-corrected chi connectivity index (χ1v) is 8.72. The molecular formula is C14H15BrN6OS. The predicted molar refractivity (Wildman–Crippen MR) is 91.3 cm³/mol. The SMILES string of the molecule is CCc1noc(C(C)Sc2nnc(-c3ccccc3Br)n2N)n1. The van der Waals surface area contributed by atoms with E-state index in [1.807, 2.05) is 38.1 Å². The molecule has 0 radical (unpaired) electrons. The Bertz CT molecular complexity index is 817. The minimum Gasteiger partial charge on any atom is -0.338 e. The molecule has 7 nitrogen and oxygen atoms in total. The molecule has 23 heavy (non-hydrogen) atoms. The van der Waals surface area contributed by atoms with Crippen LogP contribution in [0, 0.1) is 0 Å². The first-order chi connectivity index (χ1) is 11.1. The Morgan fingerprint density at radius 2 is 2.13 bits per heavy atom. The van der Waals surface area contributed by atoms with Crippen LogP contribution in [0.3, 0.4) is 0 Å². The average molecular weight is 395 g/mol. The molecule has 0 fully saturated rings. The lowest BCUT2D eigenvalue weighted by Gasteiger charge is -2.07. The highest BCUT2D eigenvalue weighted by atomic mass is 79.9. The summed E-state index contributed by atoms with van der Waals surface area (Å²) in [5.74, 6) is 7.98. The second-order valence-electron chi connectivity index (χ2n) is 4.82. The van der Waals surface area contributed by atoms with Crippen LogP contribution in [-0.4, -0.2) is 25.0 Å². The van der Waals surface area contributed by atoms with Gasteiger partial charge in [0, 0.05) is 16.5 Å². The van der Waals surface area contributed by atoms with E-state index in [0.717, 1.165) is 16.5 Å². The number of thioether (sulfide) groups is 1. The first-order valence-electron chi connectivity index (χ1n) is 7.04. The van der Waals surface area contributed by atoms with Crippen LogP contribution in [0.5, 0.6) is 0 Å². The van der Waals surface area contributed by atoms with Gasteiger partial charge in [0.15, 0.2) is 11.6 Å². The van der Waals surface area contributed by atoms with Gasteiger partial charge in [-0.1, -0.05) is 51.9 Å². The maximum atomic E-state index is 6.15. The minimum absolute atomic E-state index is 0.0682. The highest BCUT2D eigenvalue weighted by Crippen LogP contribution is 2.34. The number of rotatable bonds is 5. The second kappa shape index (κ2) is 6.71. The van der Waals surface area contributed by atoms with Crippen molar-refractivity contribution in [2.75, 3.05) is 5.84 Å². The molecule has 1 unspecified atom stereocenters. The number of aryl methyl sites for hydroxylation is 1. The van der Waals surface area contributed by atoms with E-state index in [1.165, 1.54) is 16.4 Å². The van der Waals surface area contributed by atoms with Crippen LogP contribution in [0.4, 0.5) is 0 Å². The zero-order valence-corrected chi connectivity index (χ0v) is 15.0. The van der Waals surface area contributed by atoms with Crippen LogP contribution in [0.15, 0.2) is 38.4 Å². The fourth-order valence-corrected chi connectivity index (χ4v) is 3.23. The van der Waals surface area contributed by atoms with Crippen molar-refractivity contribution in [2.24, 2.45) is 0 Å². The Balaban J connectivity index is 1.83. The standard InChI is InChI=1S/C14H15BrN6OS/c1-3-11-17-13(22-20-11)8(2)23-14-19-18-12(21(14)16)9-6-4-5-7-10(9)15/h4-8H,3,16H2,1-2H3. The Morgan fingerprint density at radius 3 is 2.83 bits per heavy atom. The molecular weight excluding hydrogens is 380 g/mol. The predicted octanol–water partition coefficient (Wildman–Crippen LogP) is 3.22. The minimum atomic E-state index is -0.0682. The molecule has 0 bridgehead atoms. The van der Waals surface area contributed by atoms with Gasteiger partial charge in [-0.05, 0) is 19.1 Å². The molecule has 2 N–H and O–H groups in total. The molecule has 0 spiro atoms. The summed E-state index contributed by atoms with van der Waals surface area (Å²) in [5.41, 5.74) is 0.882. The van der Waals surface area contributed by atoms with Gasteiger partial charge in [0.25, 0.3) is 0 Å². The lowest BCUT2D eigenvalue weighted by Crippen LogP contribution is -2.12. The molecule has 2 aromatic heterocycles. The maximum absolute atomic E-state index is 6.15. The van der Waals surface area contributed by atoms with E-state index in [1.54, 1.807) is 0 Å². The highest BCUT2D eigenvalue weighted by Gasteiger charge is 2.20. The van der Waals surface area contributed by atoms with Crippen LogP contribution in [-0.2, 0) is 6.42 Å². The molecule has 3 aromatic rings. The lowest BCUT2D eigenvalue weighted by atomic mass is 10.2. The Kier molecular flexibility index (Phi) is 4.67. The van der Waals surface area contributed by atoms with Crippen molar-refractivity contribution >= 4 is 27.7 Å². The molecule has 0 saturated heterocycles. The van der Waals surface area contributed by atoms with Gasteiger partial charge in [0.2, 0.25) is 11.0 Å². The summed E-state index contributed by atoms with van der Waals surface area (Å²) in [4.78, 5) is 4.33. The smallest absolute Gasteiger partial charge is 0.239 e. The Hall–Kier alpha value is -1.87. The van der Waals surface area contributed by atoms with E-state index < -0.39 is 0 Å². The van der Waals surface area contributed by atoms with E-state index in [0.29, 0.717) is 22.7 Å². The lowest BCUT2D eigenvalue weighted by molar-refractivity contribution is 0.375. The molecule has 0 amide bonds. The van der Waals surface area contributed by atoms with Crippen LogP contribution in [0.1, 0.15) is 30.8 Å². The molecule has 0 saturated carbocycles. The summed E-state index contributed by atoms with van der Waals surface area (Å²) < 4.78 is 7.63. The summed E-state index contributed by atoms with van der Waals surface area (Å²) in [6, 6.07) is 7.73. The third-order valence-electron chi connectivity index (χ3n) is 3.21. The summed E-state index contributed by atoms with van der Waals surface area (Å²) in [5, 5.41) is 12.8. The number of hydrogen-bond donors (Lipinski definition) is 1. The van der Waals surface area contributed by atoms with Crippen molar-refractivity contribution in [1.29, 1.82) is 0 Å². The number of halogens is 1. The van der Waals surface area contributed by atoms with E-state index in [4.69, 9.17) is 10.4 Å². The van der Waals surface area contributed by atoms with Gasteiger partial charge < -0.3 is 10.4 Å². The highest BCUT2D eigenvalue weighted by molar-refractivity contribution is 9.10. The molecule has 9 heteroatoms. The van der Waals surface area contributed by atoms with Crippen LogP contribution >= 0.6 is 27.7 Å². The van der Waals surface area contributed by atoms with E-state index >= 15 is 0 Å². The fraction of sp³-hybridized carbons (Fsp3) is 0.286. The Morgan fingerprint density at radius 1 is 1.35 bits per heavy atom. The van der Waals surface area contributed by atoms with Gasteiger partial charge in [0.05, 0.1) is 5.25 Å². The fourth-order valence-electron chi connectivity index (χ4n) is 1.97. The van der Waals surface area contributed by atoms with Crippen molar-refractivity contribution in [1.82, 2.24) is 25.0 Å². The van der Waals surface area contributed by atoms with Crippen molar-refractivity contribution in [3.8, 4) is 11.4 Å². The Labute approximate surface area is 145 Å². The van der Waals surface area contributed by atoms with Crippen molar-refractivity contribution in [3.05, 3.63) is 40.5 Å². The molecule has 120 valence electrons. The number of nitrogens with two attached hydrogens (primary N) is 1. The number of hydrogen-bond acceptors (Lipinski definition) is 7. The van der Waals surface area contributed by atoms with Crippen molar-refractivity contribution in [2.45, 2.75) is 30.7 Å². The number of nitrogen functional groups attached to an aromatic ring is 1. The van der Waals surface area contributed by atoms with Gasteiger partial charge in [0.1, 0.15) is 0 Å². The third kappa shape index (κ3) is 3.25. The van der Waals surface area contributed by atoms with Crippen molar-refractivity contribution < 1.29 is 4.52 Å². The van der Waals surface area contributed by atoms with Gasteiger partial charge in [-0.15, -0.1) is 10.2 Å². The summed E-state index contributed by atoms with van der Waals surface area (Å²) in [6.45, 7) is 3.94. The number of nitrogens with zero attached hydrogens (tertiary/aromatic N) is 5. The summed E-state index contributed by atoms with van der Waals surface area (Å²) >= 11 is 4.92. The average Bonchev–Trinajstić information content (AvgIpc) is 3.16. The van der Waals surface area contributed by atoms with Crippen LogP contribution in [0.2, 0.25) is 0 Å². The van der Waals surface area contributed by atoms with Gasteiger partial charge >= 0.3 is 0 Å². The third-order valence-corrected chi connectivity index (χ3v) is 4.95. The van der Waals surface area contributed by atoms with Gasteiger partial charge in [-0.25, -0.2) is 4.68 Å². The quantitative estimate of drug-likeness (QED) is 0.523. The van der Waals surface area contributed by atoms with E-state index in [9.17, 15) is 0 Å². The van der Waals surface area contributed by atoms with Gasteiger partial charge in [-0.3, -0.25) is 0 Å². The maximum Gasteiger partial charge on any atom is 0.239 e. The number of benzene rings is 1. The molecule has 0 aliphatic heterocycles. The molecule has 0 aliphatic carbocycles. The molecule has 1 atom stereocenters. The van der Waals surface area contributed by atoms with Crippen molar-refractivity contribution in [3.63, 3.8) is 0 Å². The molecule has 1 aromatic carbocycles. The summed E-state index contributed by atoms with van der Waals surface area (Å²) in [6.07, 6.45) is 0.736. The second-order valence-corrected chi connectivity index (χ2v) is 6.98. The zero-order chi connectivity index (χ0) is 16.4. The molecule has 0 aliphatic rings. The topological polar surface area (TPSA) is 95.7 Å². The molecule has 3 rings (SSSR count). The van der Waals surface area contributed by atoms with Crippen LogP contribution < -0.4 is 5.84 Å². The van der Waals surface area contributed by atoms with Gasteiger partial charge in [-0.2, -0.15) is 4.98 Å². The molecule has 2 heterocycles. The largest absolute Gasteiger partial charge is 0.338 e. The summed E-state index contributed by atoms with van der Waals surface area (Å²) in [7, 11) is 0. The van der Waals surface area contributed by atoms with E-state index in [-0.39, 0.29) is 5.25 Å². The van der Waals surface area contributed by atoms with E-state index in [2.05, 4.69) is 36.3 Å². The zero-order valence-electron chi connectivity index (χ0n) is 12.6. The normalized spacial score (nSPS) is 12.5. The number of aromatic nitrogens is 5. The monoisotopic (exact) mass is 394 g/mol. The first kappa shape index (κ1) is 16.0. The van der Waals surface area contributed by atoms with Crippen LogP contribution in [0.25, 0.3) is 11.4 Å².